The molecule has 0 unspecified atom stereocenters. The molecule has 0 radical (unpaired) electrons. The molecular formula is C27H26N2O3. The monoisotopic (exact) mass is 426 g/mol. The highest BCUT2D eigenvalue weighted by atomic mass is 16.5. The molecule has 1 amide bonds. The van der Waals surface area contributed by atoms with Gasteiger partial charge in [0.05, 0.1) is 13.2 Å². The zero-order valence-electron chi connectivity index (χ0n) is 18.0. The smallest absolute Gasteiger partial charge is 0.254 e. The molecule has 32 heavy (non-hydrogen) atoms. The minimum Gasteiger partial charge on any atom is -0.461 e. The van der Waals surface area contributed by atoms with Crippen LogP contribution in [0, 0.1) is 0 Å². The van der Waals surface area contributed by atoms with Crippen molar-refractivity contribution in [3.63, 3.8) is 0 Å². The summed E-state index contributed by atoms with van der Waals surface area (Å²) in [6, 6.07) is 16.2. The molecule has 1 fully saturated rings. The van der Waals surface area contributed by atoms with Gasteiger partial charge >= 0.3 is 0 Å². The van der Waals surface area contributed by atoms with E-state index in [1.165, 1.54) is 0 Å². The maximum atomic E-state index is 12.7. The molecule has 2 aromatic carbocycles. The van der Waals surface area contributed by atoms with E-state index in [0.717, 1.165) is 52.8 Å². The second-order valence-electron chi connectivity index (χ2n) is 8.08. The Bertz CT molecular complexity index is 1200. The van der Waals surface area contributed by atoms with Crippen LogP contribution in [0.1, 0.15) is 29.0 Å². The van der Waals surface area contributed by atoms with Crippen LogP contribution in [0.5, 0.6) is 0 Å². The summed E-state index contributed by atoms with van der Waals surface area (Å²) >= 11 is 0. The second kappa shape index (κ2) is 9.37. The van der Waals surface area contributed by atoms with E-state index in [1.807, 2.05) is 41.4 Å². The predicted octanol–water partition coefficient (Wildman–Crippen LogP) is 5.42. The molecule has 0 atom stereocenters. The van der Waals surface area contributed by atoms with Crippen LogP contribution in [0.25, 0.3) is 22.1 Å². The maximum Gasteiger partial charge on any atom is 0.254 e. The van der Waals surface area contributed by atoms with Crippen molar-refractivity contribution >= 4 is 23.1 Å². The van der Waals surface area contributed by atoms with Crippen LogP contribution in [0.3, 0.4) is 0 Å². The number of furan rings is 1. The molecule has 1 saturated heterocycles. The molecule has 1 aromatic heterocycles. The van der Waals surface area contributed by atoms with Crippen molar-refractivity contribution in [3.8, 4) is 11.1 Å². The minimum atomic E-state index is 0.0680. The highest BCUT2D eigenvalue weighted by Gasteiger charge is 2.18. The summed E-state index contributed by atoms with van der Waals surface area (Å²) in [6.45, 7) is 2.53. The van der Waals surface area contributed by atoms with Crippen LogP contribution in [0.4, 0.5) is 0 Å². The first kappa shape index (κ1) is 20.5. The van der Waals surface area contributed by atoms with E-state index in [9.17, 15) is 4.79 Å². The molecule has 0 saturated carbocycles. The minimum absolute atomic E-state index is 0.0680. The summed E-state index contributed by atoms with van der Waals surface area (Å²) in [5.41, 5.74) is 4.87. The molecule has 3 aromatic rings. The van der Waals surface area contributed by atoms with Crippen molar-refractivity contribution in [1.29, 1.82) is 0 Å². The van der Waals surface area contributed by atoms with E-state index >= 15 is 0 Å². The van der Waals surface area contributed by atoms with E-state index in [1.54, 1.807) is 0 Å². The van der Waals surface area contributed by atoms with Gasteiger partial charge in [-0.3, -0.25) is 9.79 Å². The van der Waals surface area contributed by atoms with Crippen molar-refractivity contribution in [2.24, 2.45) is 4.99 Å². The lowest BCUT2D eigenvalue weighted by molar-refractivity contribution is 0.0303. The number of allylic oxidation sites excluding steroid dienone is 4. The van der Waals surface area contributed by atoms with Crippen molar-refractivity contribution < 1.29 is 13.9 Å². The number of hydrogen-bond donors (Lipinski definition) is 0. The summed E-state index contributed by atoms with van der Waals surface area (Å²) in [4.78, 5) is 19.0. The van der Waals surface area contributed by atoms with Crippen LogP contribution in [-0.4, -0.2) is 43.3 Å². The van der Waals surface area contributed by atoms with Gasteiger partial charge in [-0.05, 0) is 54.0 Å². The number of morpholine rings is 1. The number of aliphatic imine (C=N–C) groups is 1. The average molecular weight is 427 g/mol. The molecule has 5 nitrogen and oxygen atoms in total. The topological polar surface area (TPSA) is 55.0 Å². The number of carbonyl (C=O) groups is 1. The van der Waals surface area contributed by atoms with Crippen molar-refractivity contribution in [3.05, 3.63) is 83.8 Å². The van der Waals surface area contributed by atoms with Gasteiger partial charge in [-0.15, -0.1) is 0 Å². The number of ether oxygens (including phenoxy) is 1. The third-order valence-electron chi connectivity index (χ3n) is 5.88. The Labute approximate surface area is 187 Å². The standard InChI is InChI=1S/C27H26N2O3/c30-27(29-14-16-31-17-15-29)21-7-5-20(6-8-21)22-9-12-26-23(18-22)19-25(32-26)11-10-24-4-2-1-3-13-28-24/h1-2,4-9,12-13,18-19H,3,10-11,14-17H2. The van der Waals surface area contributed by atoms with E-state index in [-0.39, 0.29) is 5.91 Å². The van der Waals surface area contributed by atoms with Gasteiger partial charge in [0.15, 0.2) is 0 Å². The number of aryl methyl sites for hydroxylation is 1. The number of benzene rings is 2. The summed E-state index contributed by atoms with van der Waals surface area (Å²) in [6.07, 6.45) is 10.7. The Morgan fingerprint density at radius 2 is 1.78 bits per heavy atom. The van der Waals surface area contributed by atoms with Gasteiger partial charge in [-0.1, -0.05) is 30.4 Å². The summed E-state index contributed by atoms with van der Waals surface area (Å²) in [5, 5.41) is 1.09. The molecule has 0 N–H and O–H groups in total. The quantitative estimate of drug-likeness (QED) is 0.547. The number of rotatable bonds is 5. The molecule has 5 rings (SSSR count). The van der Waals surface area contributed by atoms with E-state index in [2.05, 4.69) is 41.4 Å². The maximum absolute atomic E-state index is 12.7. The number of carbonyl (C=O) groups excluding carboxylic acids is 1. The van der Waals surface area contributed by atoms with Crippen LogP contribution in [-0.2, 0) is 11.2 Å². The van der Waals surface area contributed by atoms with Crippen molar-refractivity contribution in [2.75, 3.05) is 26.3 Å². The van der Waals surface area contributed by atoms with Gasteiger partial charge in [0.25, 0.3) is 5.91 Å². The first-order chi connectivity index (χ1) is 15.8. The molecule has 5 heteroatoms. The number of amides is 1. The van der Waals surface area contributed by atoms with E-state index in [0.29, 0.717) is 31.9 Å². The molecule has 0 spiro atoms. The van der Waals surface area contributed by atoms with Gasteiger partial charge in [-0.25, -0.2) is 0 Å². The first-order valence-electron chi connectivity index (χ1n) is 11.1. The van der Waals surface area contributed by atoms with Crippen molar-refractivity contribution in [1.82, 2.24) is 4.90 Å². The Balaban J connectivity index is 1.29. The molecule has 2 aliphatic rings. The Kier molecular flexibility index (Phi) is 5.99. The molecule has 162 valence electrons. The molecule has 0 bridgehead atoms. The molecule has 3 heterocycles. The van der Waals surface area contributed by atoms with Crippen LogP contribution in [0.2, 0.25) is 0 Å². The fraction of sp³-hybridized carbons (Fsp3) is 0.259. The molecular weight excluding hydrogens is 400 g/mol. The van der Waals surface area contributed by atoms with Gasteiger partial charge in [0.2, 0.25) is 0 Å². The molecule has 2 aliphatic heterocycles. The Morgan fingerprint density at radius 3 is 2.62 bits per heavy atom. The zero-order chi connectivity index (χ0) is 21.8. The van der Waals surface area contributed by atoms with Gasteiger partial charge in [0.1, 0.15) is 11.3 Å². The first-order valence-corrected chi connectivity index (χ1v) is 11.1. The SMILES string of the molecule is O=C(c1ccc(-c2ccc3oc(CCC4=CC=CCC=N4)cc3c2)cc1)N1CCOCC1. The average Bonchev–Trinajstić information content (AvgIpc) is 3.07. The lowest BCUT2D eigenvalue weighted by Crippen LogP contribution is -2.40. The summed E-state index contributed by atoms with van der Waals surface area (Å²) < 4.78 is 11.4. The van der Waals surface area contributed by atoms with Gasteiger partial charge in [0, 0.05) is 48.8 Å². The lowest BCUT2D eigenvalue weighted by atomic mass is 10.0. The van der Waals surface area contributed by atoms with Crippen molar-refractivity contribution in [2.45, 2.75) is 19.3 Å². The number of hydrogen-bond acceptors (Lipinski definition) is 4. The van der Waals surface area contributed by atoms with Gasteiger partial charge < -0.3 is 14.1 Å². The summed E-state index contributed by atoms with van der Waals surface area (Å²) in [5.74, 6) is 1.03. The van der Waals surface area contributed by atoms with E-state index < -0.39 is 0 Å². The Hall–Kier alpha value is -3.44. The Morgan fingerprint density at radius 1 is 0.969 bits per heavy atom. The lowest BCUT2D eigenvalue weighted by Gasteiger charge is -2.26. The second-order valence-corrected chi connectivity index (χ2v) is 8.08. The third kappa shape index (κ3) is 4.58. The highest BCUT2D eigenvalue weighted by molar-refractivity contribution is 5.95. The van der Waals surface area contributed by atoms with E-state index in [4.69, 9.17) is 9.15 Å². The summed E-state index contributed by atoms with van der Waals surface area (Å²) in [7, 11) is 0. The third-order valence-corrected chi connectivity index (χ3v) is 5.88. The van der Waals surface area contributed by atoms with Gasteiger partial charge in [-0.2, -0.15) is 0 Å². The van der Waals surface area contributed by atoms with Crippen LogP contribution < -0.4 is 0 Å². The number of nitrogens with zero attached hydrogens (tertiary/aromatic N) is 2. The van der Waals surface area contributed by atoms with Crippen LogP contribution in [0.15, 0.2) is 81.9 Å². The zero-order valence-corrected chi connectivity index (χ0v) is 18.0. The largest absolute Gasteiger partial charge is 0.461 e. The predicted molar refractivity (Wildman–Crippen MR) is 127 cm³/mol. The normalized spacial score (nSPS) is 16.2. The van der Waals surface area contributed by atoms with Crippen LogP contribution >= 0.6 is 0 Å². The fourth-order valence-corrected chi connectivity index (χ4v) is 4.09. The number of fused-ring (bicyclic) bond motifs is 1. The molecule has 0 aliphatic carbocycles. The fourth-order valence-electron chi connectivity index (χ4n) is 4.09. The highest BCUT2D eigenvalue weighted by Crippen LogP contribution is 2.28.